The summed E-state index contributed by atoms with van der Waals surface area (Å²) in [6, 6.07) is 0.684. The van der Waals surface area contributed by atoms with Gasteiger partial charge in [0.2, 0.25) is 5.91 Å². The zero-order chi connectivity index (χ0) is 12.8. The third-order valence-electron chi connectivity index (χ3n) is 3.50. The molecule has 2 fully saturated rings. The van der Waals surface area contributed by atoms with Crippen molar-refractivity contribution in [1.29, 1.82) is 0 Å². The van der Waals surface area contributed by atoms with E-state index in [1.165, 1.54) is 12.8 Å². The van der Waals surface area contributed by atoms with Crippen molar-refractivity contribution in [3.8, 4) is 0 Å². The van der Waals surface area contributed by atoms with Gasteiger partial charge >= 0.3 is 6.03 Å². The van der Waals surface area contributed by atoms with Crippen LogP contribution in [0, 0.1) is 0 Å². The van der Waals surface area contributed by atoms with Crippen LogP contribution in [0.5, 0.6) is 0 Å². The van der Waals surface area contributed by atoms with Crippen LogP contribution >= 0.6 is 0 Å². The molecule has 5 nitrogen and oxygen atoms in total. The van der Waals surface area contributed by atoms with Crippen molar-refractivity contribution in [2.24, 2.45) is 0 Å². The first-order valence-corrected chi connectivity index (χ1v) is 7.08. The normalized spacial score (nSPS) is 19.6. The fourth-order valence-corrected chi connectivity index (χ4v) is 2.28. The standard InChI is InChI=1S/C13H23N3O2/c17-12(15-11-7-8-11)6-3-9-14-13(18)16-10-4-1-2-5-10/h10-11H,1-9H2,(H,15,17)(H2,14,16,18). The summed E-state index contributed by atoms with van der Waals surface area (Å²) in [6.45, 7) is 0.566. The summed E-state index contributed by atoms with van der Waals surface area (Å²) >= 11 is 0. The van der Waals surface area contributed by atoms with Gasteiger partial charge in [0.15, 0.2) is 0 Å². The number of hydrogen-bond donors (Lipinski definition) is 3. The van der Waals surface area contributed by atoms with Crippen molar-refractivity contribution in [3.05, 3.63) is 0 Å². The monoisotopic (exact) mass is 253 g/mol. The highest BCUT2D eigenvalue weighted by atomic mass is 16.2. The van der Waals surface area contributed by atoms with Crippen LogP contribution in [0.3, 0.4) is 0 Å². The highest BCUT2D eigenvalue weighted by Crippen LogP contribution is 2.18. The molecule has 0 aromatic carbocycles. The van der Waals surface area contributed by atoms with E-state index in [0.29, 0.717) is 31.5 Å². The van der Waals surface area contributed by atoms with E-state index in [9.17, 15) is 9.59 Å². The maximum Gasteiger partial charge on any atom is 0.315 e. The molecule has 102 valence electrons. The molecule has 0 atom stereocenters. The van der Waals surface area contributed by atoms with Gasteiger partial charge in [-0.15, -0.1) is 0 Å². The topological polar surface area (TPSA) is 70.2 Å². The Bertz CT molecular complexity index is 297. The van der Waals surface area contributed by atoms with Crippen LogP contribution in [0.15, 0.2) is 0 Å². The molecule has 5 heteroatoms. The van der Waals surface area contributed by atoms with E-state index in [1.54, 1.807) is 0 Å². The number of carbonyl (C=O) groups excluding carboxylic acids is 2. The Balaban J connectivity index is 1.46. The van der Waals surface area contributed by atoms with E-state index in [2.05, 4.69) is 16.0 Å². The highest BCUT2D eigenvalue weighted by molar-refractivity contribution is 5.77. The van der Waals surface area contributed by atoms with Crippen molar-refractivity contribution < 1.29 is 9.59 Å². The predicted octanol–water partition coefficient (Wildman–Crippen LogP) is 1.29. The van der Waals surface area contributed by atoms with Gasteiger partial charge in [0.25, 0.3) is 0 Å². The van der Waals surface area contributed by atoms with Gasteiger partial charge in [-0.1, -0.05) is 12.8 Å². The van der Waals surface area contributed by atoms with Crippen LogP contribution in [0.1, 0.15) is 51.4 Å². The minimum Gasteiger partial charge on any atom is -0.353 e. The molecule has 0 aromatic heterocycles. The van der Waals surface area contributed by atoms with Gasteiger partial charge in [-0.3, -0.25) is 4.79 Å². The second-order valence-electron chi connectivity index (χ2n) is 5.33. The maximum absolute atomic E-state index is 11.5. The number of rotatable bonds is 6. The van der Waals surface area contributed by atoms with Crippen LogP contribution in [0.2, 0.25) is 0 Å². The fraction of sp³-hybridized carbons (Fsp3) is 0.846. The lowest BCUT2D eigenvalue weighted by Gasteiger charge is -2.12. The van der Waals surface area contributed by atoms with E-state index in [-0.39, 0.29) is 11.9 Å². The first kappa shape index (κ1) is 13.2. The van der Waals surface area contributed by atoms with Crippen molar-refractivity contribution >= 4 is 11.9 Å². The van der Waals surface area contributed by atoms with Crippen molar-refractivity contribution in [3.63, 3.8) is 0 Å². The van der Waals surface area contributed by atoms with E-state index >= 15 is 0 Å². The number of nitrogens with one attached hydrogen (secondary N) is 3. The number of hydrogen-bond acceptors (Lipinski definition) is 2. The quantitative estimate of drug-likeness (QED) is 0.624. The Kier molecular flexibility index (Phi) is 4.84. The average Bonchev–Trinajstić information content (AvgIpc) is 2.99. The summed E-state index contributed by atoms with van der Waals surface area (Å²) in [5, 5.41) is 8.70. The van der Waals surface area contributed by atoms with Crippen molar-refractivity contribution in [2.45, 2.75) is 63.5 Å². The van der Waals surface area contributed by atoms with E-state index in [0.717, 1.165) is 25.7 Å². The van der Waals surface area contributed by atoms with Gasteiger partial charge < -0.3 is 16.0 Å². The van der Waals surface area contributed by atoms with Crippen LogP contribution in [-0.2, 0) is 4.79 Å². The van der Waals surface area contributed by atoms with Crippen molar-refractivity contribution in [1.82, 2.24) is 16.0 Å². The number of urea groups is 1. The summed E-state index contributed by atoms with van der Waals surface area (Å²) in [7, 11) is 0. The minimum absolute atomic E-state index is 0.0931. The van der Waals surface area contributed by atoms with Gasteiger partial charge in [0, 0.05) is 25.0 Å². The molecule has 3 amide bonds. The molecular formula is C13H23N3O2. The first-order valence-electron chi connectivity index (χ1n) is 7.08. The third-order valence-corrected chi connectivity index (χ3v) is 3.50. The van der Waals surface area contributed by atoms with Gasteiger partial charge in [0.1, 0.15) is 0 Å². The molecule has 0 unspecified atom stereocenters. The van der Waals surface area contributed by atoms with Crippen molar-refractivity contribution in [2.75, 3.05) is 6.54 Å². The largest absolute Gasteiger partial charge is 0.353 e. The SMILES string of the molecule is O=C(CCCNC(=O)NC1CCCC1)NC1CC1. The lowest BCUT2D eigenvalue weighted by Crippen LogP contribution is -2.41. The van der Waals surface area contributed by atoms with Gasteiger partial charge in [0.05, 0.1) is 0 Å². The Morgan fingerprint density at radius 3 is 2.28 bits per heavy atom. The Labute approximate surface area is 108 Å². The van der Waals surface area contributed by atoms with Gasteiger partial charge in [-0.25, -0.2) is 4.79 Å². The molecular weight excluding hydrogens is 230 g/mol. The van der Waals surface area contributed by atoms with Gasteiger partial charge in [-0.2, -0.15) is 0 Å². The molecule has 2 rings (SSSR count). The van der Waals surface area contributed by atoms with Crippen LogP contribution in [0.25, 0.3) is 0 Å². The molecule has 0 bridgehead atoms. The molecule has 18 heavy (non-hydrogen) atoms. The van der Waals surface area contributed by atoms with Crippen LogP contribution in [-0.4, -0.2) is 30.6 Å². The Hall–Kier alpha value is -1.26. The molecule has 0 aliphatic heterocycles. The number of amides is 3. The Morgan fingerprint density at radius 1 is 0.944 bits per heavy atom. The molecule has 2 aliphatic rings. The summed E-state index contributed by atoms with van der Waals surface area (Å²) in [5.74, 6) is 0.107. The third kappa shape index (κ3) is 4.94. The van der Waals surface area contributed by atoms with Gasteiger partial charge in [-0.05, 0) is 32.1 Å². The molecule has 2 aliphatic carbocycles. The zero-order valence-corrected chi connectivity index (χ0v) is 10.8. The van der Waals surface area contributed by atoms with E-state index < -0.39 is 0 Å². The first-order chi connectivity index (χ1) is 8.74. The lowest BCUT2D eigenvalue weighted by molar-refractivity contribution is -0.121. The molecule has 0 saturated heterocycles. The Morgan fingerprint density at radius 2 is 1.61 bits per heavy atom. The molecule has 2 saturated carbocycles. The van der Waals surface area contributed by atoms with Crippen LogP contribution in [0.4, 0.5) is 4.79 Å². The smallest absolute Gasteiger partial charge is 0.315 e. The van der Waals surface area contributed by atoms with Crippen LogP contribution < -0.4 is 16.0 Å². The summed E-state index contributed by atoms with van der Waals surface area (Å²) < 4.78 is 0. The highest BCUT2D eigenvalue weighted by Gasteiger charge is 2.22. The summed E-state index contributed by atoms with van der Waals surface area (Å²) in [4.78, 5) is 22.9. The fourth-order valence-electron chi connectivity index (χ4n) is 2.28. The summed E-state index contributed by atoms with van der Waals surface area (Å²) in [5.41, 5.74) is 0. The van der Waals surface area contributed by atoms with E-state index in [1.807, 2.05) is 0 Å². The average molecular weight is 253 g/mol. The second kappa shape index (κ2) is 6.61. The van der Waals surface area contributed by atoms with E-state index in [4.69, 9.17) is 0 Å². The molecule has 0 radical (unpaired) electrons. The number of carbonyl (C=O) groups is 2. The molecule has 0 heterocycles. The second-order valence-corrected chi connectivity index (χ2v) is 5.33. The summed E-state index contributed by atoms with van der Waals surface area (Å²) in [6.07, 6.45) is 8.06. The molecule has 0 spiro atoms. The predicted molar refractivity (Wildman–Crippen MR) is 69.2 cm³/mol. The zero-order valence-electron chi connectivity index (χ0n) is 10.8. The maximum atomic E-state index is 11.5. The lowest BCUT2D eigenvalue weighted by atomic mass is 10.2. The molecule has 0 aromatic rings. The molecule has 3 N–H and O–H groups in total. The minimum atomic E-state index is -0.0931.